The predicted octanol–water partition coefficient (Wildman–Crippen LogP) is 3.64. The first kappa shape index (κ1) is 10.5. The van der Waals surface area contributed by atoms with Crippen LogP contribution in [-0.4, -0.2) is 20.4 Å². The van der Waals surface area contributed by atoms with Gasteiger partial charge in [-0.1, -0.05) is 68.0 Å². The van der Waals surface area contributed by atoms with Gasteiger partial charge in [-0.2, -0.15) is 0 Å². The molecule has 2 rings (SSSR count). The van der Waals surface area contributed by atoms with Gasteiger partial charge in [-0.05, 0) is 0 Å². The molecule has 0 N–H and O–H groups in total. The van der Waals surface area contributed by atoms with Crippen molar-refractivity contribution >= 4 is 20.4 Å². The molecule has 0 nitrogen and oxygen atoms in total. The zero-order valence-corrected chi connectivity index (χ0v) is 10.3. The quantitative estimate of drug-likeness (QED) is 0.651. The van der Waals surface area contributed by atoms with Crippen LogP contribution in [0.3, 0.4) is 0 Å². The molecule has 0 spiro atoms. The Morgan fingerprint density at radius 1 is 1.00 bits per heavy atom. The van der Waals surface area contributed by atoms with Crippen LogP contribution in [0.1, 0.15) is 37.7 Å². The largest absolute Gasteiger partial charge is 0.375 e. The van der Waals surface area contributed by atoms with E-state index in [1.807, 2.05) is 0 Å². The van der Waals surface area contributed by atoms with Crippen LogP contribution in [0, 0.1) is 0 Å². The highest BCUT2D eigenvalue weighted by Gasteiger charge is 2.15. The molecule has 1 heteroatoms. The Morgan fingerprint density at radius 2 is 1.71 bits per heavy atom. The molecule has 1 fully saturated rings. The molecule has 0 heterocycles. The molecule has 0 unspecified atom stereocenters. The first-order valence-electron chi connectivity index (χ1n) is 5.99. The molecule has 0 radical (unpaired) electrons. The van der Waals surface area contributed by atoms with Crippen LogP contribution in [-0.2, 0) is 4.55 Å². The number of rotatable bonds is 3. The third kappa shape index (κ3) is 3.28. The van der Waals surface area contributed by atoms with Crippen LogP contribution in [0.25, 0.3) is 0 Å². The summed E-state index contributed by atoms with van der Waals surface area (Å²) < 4.78 is 2.58. The van der Waals surface area contributed by atoms with Gasteiger partial charge in [0.2, 0.25) is 0 Å². The molecule has 1 aliphatic rings. The third-order valence-corrected chi connectivity index (χ3v) is 5.91. The Morgan fingerprint density at radius 3 is 2.43 bits per heavy atom. The second kappa shape index (κ2) is 5.77. The standard InChI is InChI=1S/C7H7.C6H11.Mg/c1-7-5-3-2-4-6-7;1-2-4-6-5-3-1;/h2-6H,1H2;1H,2-6H2;. The fourth-order valence-corrected chi connectivity index (χ4v) is 4.72. The monoisotopic (exact) mass is 198 g/mol. The Balaban J connectivity index is 1.76. The smallest absolute Gasteiger partial charge is 0.134 e. The van der Waals surface area contributed by atoms with Crippen molar-refractivity contribution in [2.45, 2.75) is 40.7 Å². The van der Waals surface area contributed by atoms with E-state index in [2.05, 4.69) is 30.3 Å². The maximum absolute atomic E-state index is 2.29. The summed E-state index contributed by atoms with van der Waals surface area (Å²) in [7, 11) is 0. The summed E-state index contributed by atoms with van der Waals surface area (Å²) in [6, 6.07) is 11.0. The Labute approximate surface area is 96.8 Å². The summed E-state index contributed by atoms with van der Waals surface area (Å²) in [6.45, 7) is 0. The van der Waals surface area contributed by atoms with Crippen molar-refractivity contribution < 1.29 is 0 Å². The van der Waals surface area contributed by atoms with Crippen LogP contribution in [0.4, 0.5) is 0 Å². The van der Waals surface area contributed by atoms with E-state index in [1.54, 1.807) is 18.4 Å². The van der Waals surface area contributed by atoms with Crippen LogP contribution >= 0.6 is 0 Å². The van der Waals surface area contributed by atoms with Gasteiger partial charge in [0.05, 0.1) is 0 Å². The Hall–Kier alpha value is -0.0138. The minimum Gasteiger partial charge on any atom is -0.134 e. The summed E-state index contributed by atoms with van der Waals surface area (Å²) in [5, 5.41) is 0. The summed E-state index contributed by atoms with van der Waals surface area (Å²) >= 11 is 0.167. The van der Waals surface area contributed by atoms with Crippen molar-refractivity contribution in [3.05, 3.63) is 35.9 Å². The van der Waals surface area contributed by atoms with Gasteiger partial charge >= 0.3 is 20.4 Å². The molecule has 0 atom stereocenters. The molecule has 0 amide bonds. The minimum absolute atomic E-state index is 0.167. The van der Waals surface area contributed by atoms with E-state index >= 15 is 0 Å². The van der Waals surface area contributed by atoms with Crippen LogP contribution < -0.4 is 0 Å². The lowest BCUT2D eigenvalue weighted by Gasteiger charge is -2.20. The first-order chi connectivity index (χ1) is 6.95. The zero-order valence-electron chi connectivity index (χ0n) is 8.91. The van der Waals surface area contributed by atoms with Crippen LogP contribution in [0.15, 0.2) is 30.3 Å². The minimum atomic E-state index is 0.167. The van der Waals surface area contributed by atoms with Gasteiger partial charge in [0, 0.05) is 0 Å². The lowest BCUT2D eigenvalue weighted by Crippen LogP contribution is -2.10. The number of hydrogen-bond acceptors (Lipinski definition) is 0. The summed E-state index contributed by atoms with van der Waals surface area (Å²) in [6.07, 6.45) is 7.59. The molecule has 1 aromatic rings. The molecule has 0 aliphatic heterocycles. The lowest BCUT2D eigenvalue weighted by atomic mass is 10.00. The van der Waals surface area contributed by atoms with E-state index in [0.29, 0.717) is 0 Å². The maximum Gasteiger partial charge on any atom is 0.375 e. The van der Waals surface area contributed by atoms with E-state index in [0.717, 1.165) is 4.05 Å². The van der Waals surface area contributed by atoms with Gasteiger partial charge in [-0.15, -0.1) is 8.60 Å². The zero-order chi connectivity index (χ0) is 9.64. The average molecular weight is 199 g/mol. The molecule has 0 saturated heterocycles. The van der Waals surface area contributed by atoms with Crippen molar-refractivity contribution in [1.82, 2.24) is 0 Å². The molecule has 1 aliphatic carbocycles. The topological polar surface area (TPSA) is 0 Å². The fourth-order valence-electron chi connectivity index (χ4n) is 2.49. The second-order valence-electron chi connectivity index (χ2n) is 4.53. The van der Waals surface area contributed by atoms with Crippen LogP contribution in [0.5, 0.6) is 0 Å². The first-order valence-corrected chi connectivity index (χ1v) is 7.81. The van der Waals surface area contributed by atoms with E-state index in [-0.39, 0.29) is 20.4 Å². The number of hydrogen-bond donors (Lipinski definition) is 0. The Bertz CT molecular complexity index is 249. The Kier molecular flexibility index (Phi) is 4.33. The van der Waals surface area contributed by atoms with Crippen molar-refractivity contribution in [1.29, 1.82) is 0 Å². The molecule has 0 aromatic heterocycles. The van der Waals surface area contributed by atoms with Gasteiger partial charge < -0.3 is 0 Å². The lowest BCUT2D eigenvalue weighted by molar-refractivity contribution is 0.500. The molecule has 1 saturated carbocycles. The molecule has 1 aromatic carbocycles. The van der Waals surface area contributed by atoms with Gasteiger partial charge in [0.15, 0.2) is 0 Å². The van der Waals surface area contributed by atoms with Crippen molar-refractivity contribution in [3.63, 3.8) is 0 Å². The molecule has 72 valence electrons. The van der Waals surface area contributed by atoms with Crippen molar-refractivity contribution in [2.75, 3.05) is 0 Å². The summed E-state index contributed by atoms with van der Waals surface area (Å²) in [5.74, 6) is 0. The second-order valence-corrected chi connectivity index (χ2v) is 6.76. The normalized spacial score (nSPS) is 17.7. The molecular formula is C13H18Mg. The molecular weight excluding hydrogens is 180 g/mol. The van der Waals surface area contributed by atoms with Crippen molar-refractivity contribution in [2.24, 2.45) is 0 Å². The number of benzene rings is 1. The van der Waals surface area contributed by atoms with E-state index in [1.165, 1.54) is 23.8 Å². The van der Waals surface area contributed by atoms with Gasteiger partial charge in [-0.25, -0.2) is 0 Å². The molecule has 0 bridgehead atoms. The van der Waals surface area contributed by atoms with Crippen LogP contribution in [0.2, 0.25) is 4.05 Å². The van der Waals surface area contributed by atoms with Gasteiger partial charge in [0.1, 0.15) is 0 Å². The fraction of sp³-hybridized carbons (Fsp3) is 0.538. The third-order valence-electron chi connectivity index (χ3n) is 3.41. The predicted molar refractivity (Wildman–Crippen MR) is 62.7 cm³/mol. The summed E-state index contributed by atoms with van der Waals surface area (Å²) in [5.41, 5.74) is 1.57. The van der Waals surface area contributed by atoms with Crippen molar-refractivity contribution in [3.8, 4) is 0 Å². The average Bonchev–Trinajstić information content (AvgIpc) is 2.29. The van der Waals surface area contributed by atoms with E-state index in [9.17, 15) is 0 Å². The highest BCUT2D eigenvalue weighted by atomic mass is 24.5. The highest BCUT2D eigenvalue weighted by molar-refractivity contribution is 6.37. The summed E-state index contributed by atoms with van der Waals surface area (Å²) in [4.78, 5) is 0. The highest BCUT2D eigenvalue weighted by Crippen LogP contribution is 2.28. The maximum atomic E-state index is 2.29. The van der Waals surface area contributed by atoms with E-state index < -0.39 is 0 Å². The van der Waals surface area contributed by atoms with Gasteiger partial charge in [-0.3, -0.25) is 0 Å². The van der Waals surface area contributed by atoms with Gasteiger partial charge in [0.25, 0.3) is 0 Å². The SMILES string of the molecule is c1ccc([CH2][Mg][CH]2CCCCC2)cc1. The molecule has 14 heavy (non-hydrogen) atoms. The van der Waals surface area contributed by atoms with E-state index in [4.69, 9.17) is 0 Å².